The van der Waals surface area contributed by atoms with Gasteiger partial charge in [0.15, 0.2) is 16.7 Å². The molecule has 0 aliphatic carbocycles. The standard InChI is InChI=1S/C25H30N4O5S/c1-33-21-9-8-18(12-22(21)34-2)10-11-26-24(32)17-35-25-28-14-20(16-30)29(25)15-23(31)27-13-19-6-4-3-5-7-19/h3-9,12,14,30H,10-11,13,15-17H2,1-2H3,(H,26,32)(H,27,31). The summed E-state index contributed by atoms with van der Waals surface area (Å²) >= 11 is 1.22. The monoisotopic (exact) mass is 498 g/mol. The average Bonchev–Trinajstić information content (AvgIpc) is 3.27. The van der Waals surface area contributed by atoms with Gasteiger partial charge in [-0.15, -0.1) is 0 Å². The van der Waals surface area contributed by atoms with Crippen molar-refractivity contribution in [3.8, 4) is 11.5 Å². The lowest BCUT2D eigenvalue weighted by Crippen LogP contribution is -2.29. The maximum atomic E-state index is 12.5. The first-order valence-corrected chi connectivity index (χ1v) is 12.1. The van der Waals surface area contributed by atoms with Crippen molar-refractivity contribution >= 4 is 23.6 Å². The van der Waals surface area contributed by atoms with Crippen molar-refractivity contribution < 1.29 is 24.2 Å². The van der Waals surface area contributed by atoms with Gasteiger partial charge in [0.25, 0.3) is 0 Å². The highest BCUT2D eigenvalue weighted by atomic mass is 32.2. The summed E-state index contributed by atoms with van der Waals surface area (Å²) < 4.78 is 12.2. The van der Waals surface area contributed by atoms with E-state index < -0.39 is 0 Å². The van der Waals surface area contributed by atoms with Crippen molar-refractivity contribution in [2.24, 2.45) is 0 Å². The van der Waals surface area contributed by atoms with E-state index in [2.05, 4.69) is 15.6 Å². The Bertz CT molecular complexity index is 1120. The maximum absolute atomic E-state index is 12.5. The number of benzene rings is 2. The van der Waals surface area contributed by atoms with Crippen molar-refractivity contribution in [2.75, 3.05) is 26.5 Å². The van der Waals surface area contributed by atoms with Gasteiger partial charge in [0.1, 0.15) is 6.54 Å². The molecule has 0 saturated carbocycles. The molecule has 3 aromatic rings. The molecule has 3 rings (SSSR count). The lowest BCUT2D eigenvalue weighted by atomic mass is 10.1. The number of amides is 2. The topological polar surface area (TPSA) is 115 Å². The van der Waals surface area contributed by atoms with Crippen LogP contribution in [0.15, 0.2) is 59.9 Å². The number of ether oxygens (including phenoxy) is 2. The minimum Gasteiger partial charge on any atom is -0.493 e. The van der Waals surface area contributed by atoms with Crippen molar-refractivity contribution in [3.05, 3.63) is 71.5 Å². The van der Waals surface area contributed by atoms with Crippen LogP contribution in [0.1, 0.15) is 16.8 Å². The van der Waals surface area contributed by atoms with Gasteiger partial charge in [0.05, 0.1) is 38.5 Å². The Labute approximate surface area is 208 Å². The van der Waals surface area contributed by atoms with Gasteiger partial charge in [-0.25, -0.2) is 4.98 Å². The molecule has 2 aromatic carbocycles. The van der Waals surface area contributed by atoms with E-state index in [1.807, 2.05) is 48.5 Å². The predicted molar refractivity (Wildman–Crippen MR) is 133 cm³/mol. The van der Waals surface area contributed by atoms with Crippen LogP contribution in [0.25, 0.3) is 0 Å². The van der Waals surface area contributed by atoms with Gasteiger partial charge in [-0.1, -0.05) is 48.2 Å². The van der Waals surface area contributed by atoms with E-state index in [0.717, 1.165) is 11.1 Å². The second-order valence-corrected chi connectivity index (χ2v) is 8.56. The summed E-state index contributed by atoms with van der Waals surface area (Å²) in [5.41, 5.74) is 2.52. The molecule has 0 atom stereocenters. The molecule has 0 spiro atoms. The number of hydrogen-bond donors (Lipinski definition) is 3. The number of aliphatic hydroxyl groups excluding tert-OH is 1. The van der Waals surface area contributed by atoms with Crippen molar-refractivity contribution in [1.82, 2.24) is 20.2 Å². The van der Waals surface area contributed by atoms with Gasteiger partial charge in [-0.2, -0.15) is 0 Å². The molecular formula is C25H30N4O5S. The number of nitrogens with one attached hydrogen (secondary N) is 2. The summed E-state index contributed by atoms with van der Waals surface area (Å²) in [6, 6.07) is 15.3. The molecule has 9 nitrogen and oxygen atoms in total. The third kappa shape index (κ3) is 7.76. The molecule has 0 bridgehead atoms. The maximum Gasteiger partial charge on any atom is 0.240 e. The van der Waals surface area contributed by atoms with Gasteiger partial charge >= 0.3 is 0 Å². The summed E-state index contributed by atoms with van der Waals surface area (Å²) in [6.45, 7) is 0.629. The number of imidazole rings is 1. The Hall–Kier alpha value is -3.50. The molecule has 0 radical (unpaired) electrons. The van der Waals surface area contributed by atoms with Crippen LogP contribution in [-0.2, 0) is 35.7 Å². The highest BCUT2D eigenvalue weighted by Gasteiger charge is 2.15. The van der Waals surface area contributed by atoms with E-state index in [4.69, 9.17) is 9.47 Å². The molecule has 0 aliphatic heterocycles. The van der Waals surface area contributed by atoms with Crippen LogP contribution in [0.2, 0.25) is 0 Å². The normalized spacial score (nSPS) is 10.6. The first-order valence-electron chi connectivity index (χ1n) is 11.1. The fraction of sp³-hybridized carbons (Fsp3) is 0.320. The Kier molecular flexibility index (Phi) is 10.00. The highest BCUT2D eigenvalue weighted by molar-refractivity contribution is 7.99. The highest BCUT2D eigenvalue weighted by Crippen LogP contribution is 2.27. The molecule has 10 heteroatoms. The minimum absolute atomic E-state index is 0.00593. The van der Waals surface area contributed by atoms with Crippen LogP contribution in [0.5, 0.6) is 11.5 Å². The van der Waals surface area contributed by atoms with Gasteiger partial charge < -0.3 is 29.8 Å². The summed E-state index contributed by atoms with van der Waals surface area (Å²) in [5, 5.41) is 15.9. The first-order chi connectivity index (χ1) is 17.0. The van der Waals surface area contributed by atoms with Gasteiger partial charge in [-0.05, 0) is 29.7 Å². The second kappa shape index (κ2) is 13.4. The summed E-state index contributed by atoms with van der Waals surface area (Å²) in [4.78, 5) is 29.1. The first kappa shape index (κ1) is 26.1. The molecule has 0 saturated heterocycles. The summed E-state index contributed by atoms with van der Waals surface area (Å²) in [6.07, 6.45) is 2.16. The number of aromatic nitrogens is 2. The Morgan fingerprint density at radius 2 is 1.77 bits per heavy atom. The lowest BCUT2D eigenvalue weighted by molar-refractivity contribution is -0.122. The SMILES string of the molecule is COc1ccc(CCNC(=O)CSc2ncc(CO)n2CC(=O)NCc2ccccc2)cc1OC. The van der Waals surface area contributed by atoms with E-state index >= 15 is 0 Å². The van der Waals surface area contributed by atoms with Crippen LogP contribution in [-0.4, -0.2) is 53.0 Å². The quantitative estimate of drug-likeness (QED) is 0.310. The zero-order valence-corrected chi connectivity index (χ0v) is 20.6. The smallest absolute Gasteiger partial charge is 0.240 e. The number of aliphatic hydroxyl groups is 1. The Morgan fingerprint density at radius 3 is 2.49 bits per heavy atom. The van der Waals surface area contributed by atoms with E-state index in [0.29, 0.717) is 41.9 Å². The van der Waals surface area contributed by atoms with Crippen LogP contribution in [0.4, 0.5) is 0 Å². The number of rotatable bonds is 13. The van der Waals surface area contributed by atoms with Crippen LogP contribution in [0.3, 0.4) is 0 Å². The van der Waals surface area contributed by atoms with Crippen molar-refractivity contribution in [3.63, 3.8) is 0 Å². The number of methoxy groups -OCH3 is 2. The fourth-order valence-electron chi connectivity index (χ4n) is 3.36. The number of carbonyl (C=O) groups excluding carboxylic acids is 2. The zero-order valence-electron chi connectivity index (χ0n) is 19.8. The molecule has 2 amide bonds. The third-order valence-electron chi connectivity index (χ3n) is 5.21. The predicted octanol–water partition coefficient (Wildman–Crippen LogP) is 2.16. The molecule has 186 valence electrons. The Morgan fingerprint density at radius 1 is 1.00 bits per heavy atom. The van der Waals surface area contributed by atoms with Crippen molar-refractivity contribution in [1.29, 1.82) is 0 Å². The van der Waals surface area contributed by atoms with Crippen LogP contribution >= 0.6 is 11.8 Å². The molecule has 3 N–H and O–H groups in total. The molecule has 35 heavy (non-hydrogen) atoms. The molecular weight excluding hydrogens is 468 g/mol. The third-order valence-corrected chi connectivity index (χ3v) is 6.20. The molecule has 0 aliphatic rings. The van der Waals surface area contributed by atoms with Crippen LogP contribution < -0.4 is 20.1 Å². The fourth-order valence-corrected chi connectivity index (χ4v) is 4.19. The number of carbonyl (C=O) groups is 2. The number of nitrogens with zero attached hydrogens (tertiary/aromatic N) is 2. The average molecular weight is 499 g/mol. The second-order valence-electron chi connectivity index (χ2n) is 7.62. The van der Waals surface area contributed by atoms with Gasteiger partial charge in [-0.3, -0.25) is 9.59 Å². The minimum atomic E-state index is -0.253. The van der Waals surface area contributed by atoms with E-state index in [-0.39, 0.29) is 30.7 Å². The molecule has 0 unspecified atom stereocenters. The summed E-state index contributed by atoms with van der Waals surface area (Å²) in [7, 11) is 3.17. The van der Waals surface area contributed by atoms with Gasteiger partial charge in [0.2, 0.25) is 11.8 Å². The number of thioether (sulfide) groups is 1. The van der Waals surface area contributed by atoms with Crippen LogP contribution in [0, 0.1) is 0 Å². The summed E-state index contributed by atoms with van der Waals surface area (Å²) in [5.74, 6) is 1.08. The van der Waals surface area contributed by atoms with E-state index in [1.54, 1.807) is 18.8 Å². The van der Waals surface area contributed by atoms with E-state index in [1.165, 1.54) is 18.0 Å². The van der Waals surface area contributed by atoms with Crippen molar-refractivity contribution in [2.45, 2.75) is 31.3 Å². The molecule has 1 heterocycles. The largest absolute Gasteiger partial charge is 0.493 e. The molecule has 1 aromatic heterocycles. The van der Waals surface area contributed by atoms with E-state index in [9.17, 15) is 14.7 Å². The number of hydrogen-bond acceptors (Lipinski definition) is 7. The Balaban J connectivity index is 1.48. The van der Waals surface area contributed by atoms with Gasteiger partial charge in [0, 0.05) is 13.1 Å². The lowest BCUT2D eigenvalue weighted by Gasteiger charge is -2.12. The molecule has 0 fully saturated rings. The zero-order chi connectivity index (χ0) is 25.0.